The molecule has 2 aromatic heterocycles. The van der Waals surface area contributed by atoms with Gasteiger partial charge in [0.2, 0.25) is 0 Å². The van der Waals surface area contributed by atoms with E-state index in [1.165, 1.54) is 11.1 Å². The summed E-state index contributed by atoms with van der Waals surface area (Å²) in [5, 5.41) is 7.50. The van der Waals surface area contributed by atoms with Gasteiger partial charge in [0, 0.05) is 69.9 Å². The van der Waals surface area contributed by atoms with E-state index in [0.29, 0.717) is 32.3 Å². The van der Waals surface area contributed by atoms with Gasteiger partial charge in [-0.2, -0.15) is 5.10 Å². The molecule has 0 spiro atoms. The lowest BCUT2D eigenvalue weighted by atomic mass is 9.84. The molecule has 204 valence electrons. The highest BCUT2D eigenvalue weighted by atomic mass is 16.5. The number of rotatable bonds is 7. The van der Waals surface area contributed by atoms with Crippen LogP contribution in [-0.4, -0.2) is 83.9 Å². The number of nitrogens with zero attached hydrogens (tertiary/aromatic N) is 5. The number of carbonyl (C=O) groups excluding carboxylic acids is 1. The van der Waals surface area contributed by atoms with Gasteiger partial charge >= 0.3 is 6.03 Å². The molecule has 8 nitrogen and oxygen atoms in total. The molecule has 0 bridgehead atoms. The van der Waals surface area contributed by atoms with Crippen LogP contribution in [0.4, 0.5) is 10.5 Å². The number of hydrogen-bond acceptors (Lipinski definition) is 5. The first-order valence-electron chi connectivity index (χ1n) is 14.2. The molecule has 3 aromatic rings. The number of piperazine rings is 1. The molecule has 1 aromatic carbocycles. The number of aromatic nitrogens is 2. The lowest BCUT2D eigenvalue weighted by Crippen LogP contribution is -2.51. The monoisotopic (exact) mass is 518 g/mol. The molecule has 2 fully saturated rings. The van der Waals surface area contributed by atoms with Crippen LogP contribution >= 0.6 is 0 Å². The molecule has 2 aliphatic rings. The van der Waals surface area contributed by atoms with Crippen molar-refractivity contribution in [1.29, 1.82) is 0 Å². The van der Waals surface area contributed by atoms with E-state index in [0.717, 1.165) is 55.8 Å². The van der Waals surface area contributed by atoms with Gasteiger partial charge in [0.1, 0.15) is 5.60 Å². The van der Waals surface area contributed by atoms with Crippen molar-refractivity contribution in [2.45, 2.75) is 52.2 Å². The number of amides is 2. The summed E-state index contributed by atoms with van der Waals surface area (Å²) in [6.07, 6.45) is 6.18. The number of nitrogens with one attached hydrogen (secondary N) is 1. The van der Waals surface area contributed by atoms with Gasteiger partial charge in [0.25, 0.3) is 0 Å². The van der Waals surface area contributed by atoms with E-state index in [4.69, 9.17) is 4.74 Å². The number of likely N-dealkylation sites (tertiary alicyclic amines) is 1. The zero-order valence-electron chi connectivity index (χ0n) is 23.3. The lowest BCUT2D eigenvalue weighted by molar-refractivity contribution is -0.0971. The number of urea groups is 1. The summed E-state index contributed by atoms with van der Waals surface area (Å²) < 4.78 is 8.43. The fraction of sp³-hybridized carbons (Fsp3) is 0.533. The first kappa shape index (κ1) is 26.5. The van der Waals surface area contributed by atoms with Crippen LogP contribution in [0.1, 0.15) is 46.1 Å². The second-order valence-corrected chi connectivity index (χ2v) is 10.8. The van der Waals surface area contributed by atoms with Crippen LogP contribution in [-0.2, 0) is 10.3 Å². The zero-order valence-corrected chi connectivity index (χ0v) is 23.3. The smallest absolute Gasteiger partial charge is 0.317 e. The summed E-state index contributed by atoms with van der Waals surface area (Å²) in [5.74, 6) is 0. The second-order valence-electron chi connectivity index (χ2n) is 10.8. The van der Waals surface area contributed by atoms with Crippen molar-refractivity contribution in [3.05, 3.63) is 54.4 Å². The molecule has 0 radical (unpaired) electrons. The third kappa shape index (κ3) is 5.24. The van der Waals surface area contributed by atoms with Crippen molar-refractivity contribution in [3.63, 3.8) is 0 Å². The van der Waals surface area contributed by atoms with E-state index < -0.39 is 0 Å². The minimum atomic E-state index is -0.244. The quantitative estimate of drug-likeness (QED) is 0.496. The normalized spacial score (nSPS) is 20.9. The Bertz CT molecular complexity index is 1230. The Kier molecular flexibility index (Phi) is 7.91. The van der Waals surface area contributed by atoms with Crippen LogP contribution in [0.25, 0.3) is 16.6 Å². The lowest BCUT2D eigenvalue weighted by Gasteiger charge is -2.44. The fourth-order valence-electron chi connectivity index (χ4n) is 6.01. The number of fused-ring (bicyclic) bond motifs is 1. The Labute approximate surface area is 226 Å². The van der Waals surface area contributed by atoms with Gasteiger partial charge in [-0.25, -0.2) is 9.31 Å². The van der Waals surface area contributed by atoms with Crippen molar-refractivity contribution < 1.29 is 9.53 Å². The van der Waals surface area contributed by atoms with E-state index in [9.17, 15) is 4.79 Å². The first-order chi connectivity index (χ1) is 18.4. The molecule has 2 aliphatic heterocycles. The molecule has 0 unspecified atom stereocenters. The number of hydrogen-bond donors (Lipinski definition) is 1. The predicted molar refractivity (Wildman–Crippen MR) is 153 cm³/mol. The number of ether oxygens (including phenoxy) is 1. The minimum Gasteiger partial charge on any atom is -0.369 e. The van der Waals surface area contributed by atoms with E-state index >= 15 is 0 Å². The van der Waals surface area contributed by atoms with Crippen LogP contribution in [0, 0.1) is 0 Å². The van der Waals surface area contributed by atoms with Crippen molar-refractivity contribution in [2.24, 2.45) is 0 Å². The minimum absolute atomic E-state index is 0.0247. The Morgan fingerprint density at radius 2 is 1.82 bits per heavy atom. The number of carbonyl (C=O) groups is 1. The van der Waals surface area contributed by atoms with E-state index in [1.54, 1.807) is 0 Å². The number of piperidine rings is 1. The summed E-state index contributed by atoms with van der Waals surface area (Å²) in [4.78, 5) is 19.0. The Morgan fingerprint density at radius 1 is 1.05 bits per heavy atom. The van der Waals surface area contributed by atoms with Crippen LogP contribution in [0.5, 0.6) is 0 Å². The maximum Gasteiger partial charge on any atom is 0.317 e. The molecule has 2 amide bonds. The van der Waals surface area contributed by atoms with E-state index in [1.807, 2.05) is 22.5 Å². The standard InChI is InChI=1S/C30H42N6O2/c1-5-31-29(37)34-18-16-33(17-19-34)27-12-14-32-36-21-25(20-28(27)36)24-8-10-26(11-9-24)30(38-6-2)13-7-15-35(22-30)23(3)4/h8-12,14,20-21,23H,5-7,13,15-19,22H2,1-4H3,(H,31,37)/t30-/m0/s1. The molecule has 4 heterocycles. The SMILES string of the molecule is CCNC(=O)N1CCN(c2ccnn3cc(-c4ccc([C@]5(OCC)CCCN(C(C)C)C5)cc4)cc23)CC1. The molecule has 0 saturated carbocycles. The molecular weight excluding hydrogens is 476 g/mol. The molecule has 2 saturated heterocycles. The van der Waals surface area contributed by atoms with Crippen LogP contribution in [0.15, 0.2) is 48.8 Å². The third-order valence-electron chi connectivity index (χ3n) is 8.10. The van der Waals surface area contributed by atoms with Gasteiger partial charge < -0.3 is 19.9 Å². The molecule has 1 N–H and O–H groups in total. The molecule has 38 heavy (non-hydrogen) atoms. The maximum atomic E-state index is 12.2. The van der Waals surface area contributed by atoms with E-state index in [-0.39, 0.29) is 11.6 Å². The largest absolute Gasteiger partial charge is 0.369 e. The van der Waals surface area contributed by atoms with Gasteiger partial charge in [-0.3, -0.25) is 4.90 Å². The average molecular weight is 519 g/mol. The Balaban J connectivity index is 1.36. The molecular formula is C30H42N6O2. The van der Waals surface area contributed by atoms with Crippen LogP contribution in [0.2, 0.25) is 0 Å². The molecule has 5 rings (SSSR count). The van der Waals surface area contributed by atoms with Gasteiger partial charge in [-0.15, -0.1) is 0 Å². The van der Waals surface area contributed by atoms with Crippen molar-refractivity contribution in [1.82, 2.24) is 24.7 Å². The highest BCUT2D eigenvalue weighted by molar-refractivity contribution is 5.80. The van der Waals surface area contributed by atoms with Gasteiger partial charge in [-0.05, 0) is 70.3 Å². The molecule has 0 aliphatic carbocycles. The predicted octanol–water partition coefficient (Wildman–Crippen LogP) is 4.59. The van der Waals surface area contributed by atoms with Crippen molar-refractivity contribution >= 4 is 17.2 Å². The summed E-state index contributed by atoms with van der Waals surface area (Å²) in [5.41, 5.74) is 5.59. The topological polar surface area (TPSA) is 65.4 Å². The van der Waals surface area contributed by atoms with Crippen LogP contribution < -0.4 is 10.2 Å². The van der Waals surface area contributed by atoms with Gasteiger partial charge in [0.15, 0.2) is 0 Å². The number of benzene rings is 1. The molecule has 8 heteroatoms. The first-order valence-corrected chi connectivity index (χ1v) is 14.2. The summed E-state index contributed by atoms with van der Waals surface area (Å²) in [6, 6.07) is 13.8. The van der Waals surface area contributed by atoms with Gasteiger partial charge in [0.05, 0.1) is 11.2 Å². The average Bonchev–Trinajstić information content (AvgIpc) is 3.38. The van der Waals surface area contributed by atoms with Crippen molar-refractivity contribution in [3.8, 4) is 11.1 Å². The Hall–Kier alpha value is -3.10. The Morgan fingerprint density at radius 3 is 2.50 bits per heavy atom. The zero-order chi connectivity index (χ0) is 26.7. The fourth-order valence-corrected chi connectivity index (χ4v) is 6.01. The van der Waals surface area contributed by atoms with E-state index in [2.05, 4.69) is 83.6 Å². The summed E-state index contributed by atoms with van der Waals surface area (Å²) in [6.45, 7) is 15.1. The highest BCUT2D eigenvalue weighted by Gasteiger charge is 2.38. The van der Waals surface area contributed by atoms with Crippen LogP contribution in [0.3, 0.4) is 0 Å². The second kappa shape index (κ2) is 11.3. The third-order valence-corrected chi connectivity index (χ3v) is 8.10. The molecule has 1 atom stereocenters. The highest BCUT2D eigenvalue weighted by Crippen LogP contribution is 2.37. The van der Waals surface area contributed by atoms with Gasteiger partial charge in [-0.1, -0.05) is 24.3 Å². The summed E-state index contributed by atoms with van der Waals surface area (Å²) in [7, 11) is 0. The van der Waals surface area contributed by atoms with Crippen molar-refractivity contribution in [2.75, 3.05) is 57.3 Å². The summed E-state index contributed by atoms with van der Waals surface area (Å²) >= 11 is 0. The maximum absolute atomic E-state index is 12.2. The number of anilines is 1.